The van der Waals surface area contributed by atoms with Crippen LogP contribution in [0.25, 0.3) is 5.76 Å². The third-order valence-corrected chi connectivity index (χ3v) is 6.21. The van der Waals surface area contributed by atoms with Crippen LogP contribution in [0.3, 0.4) is 0 Å². The van der Waals surface area contributed by atoms with Crippen molar-refractivity contribution in [1.82, 2.24) is 9.80 Å². The highest BCUT2D eigenvalue weighted by molar-refractivity contribution is 6.46. The number of rotatable bonds is 7. The van der Waals surface area contributed by atoms with E-state index in [1.165, 1.54) is 47.4 Å². The summed E-state index contributed by atoms with van der Waals surface area (Å²) in [5, 5.41) is 11.5. The molecule has 1 heterocycles. The van der Waals surface area contributed by atoms with Crippen molar-refractivity contribution in [2.45, 2.75) is 19.9 Å². The number of aliphatic hydroxyl groups excluding tert-OH is 1. The maximum Gasteiger partial charge on any atom is 0.295 e. The molecule has 8 heteroatoms. The number of aliphatic hydroxyl groups is 1. The van der Waals surface area contributed by atoms with E-state index in [4.69, 9.17) is 23.2 Å². The van der Waals surface area contributed by atoms with Gasteiger partial charge in [0, 0.05) is 18.7 Å². The van der Waals surface area contributed by atoms with Gasteiger partial charge in [0.05, 0.1) is 21.7 Å². The Kier molecular flexibility index (Phi) is 7.36. The first-order valence-corrected chi connectivity index (χ1v) is 10.8. The molecule has 1 saturated heterocycles. The fraction of sp³-hybridized carbons (Fsp3) is 0.304. The van der Waals surface area contributed by atoms with Crippen LogP contribution in [0.1, 0.15) is 31.0 Å². The molecule has 1 N–H and O–H groups in total. The second kappa shape index (κ2) is 9.81. The Hall–Kier alpha value is -2.41. The lowest BCUT2D eigenvalue weighted by atomic mass is 9.95. The summed E-state index contributed by atoms with van der Waals surface area (Å²) in [6, 6.07) is 9.17. The number of benzene rings is 2. The third-order valence-electron chi connectivity index (χ3n) is 5.47. The lowest BCUT2D eigenvalue weighted by molar-refractivity contribution is -0.140. The average Bonchev–Trinajstić information content (AvgIpc) is 3.01. The largest absolute Gasteiger partial charge is 0.507 e. The van der Waals surface area contributed by atoms with Crippen molar-refractivity contribution in [1.29, 1.82) is 0 Å². The Bertz CT molecular complexity index is 1020. The molecule has 0 saturated carbocycles. The molecule has 2 aromatic rings. The van der Waals surface area contributed by atoms with E-state index in [1.54, 1.807) is 0 Å². The second-order valence-electron chi connectivity index (χ2n) is 7.20. The van der Waals surface area contributed by atoms with Crippen LogP contribution in [0.4, 0.5) is 4.39 Å². The fourth-order valence-corrected chi connectivity index (χ4v) is 3.99. The quantitative estimate of drug-likeness (QED) is 0.359. The number of Topliss-reactive ketones (excluding diaryl/α,β-unsaturated/α-hetero) is 1. The van der Waals surface area contributed by atoms with Gasteiger partial charge >= 0.3 is 0 Å². The number of likely N-dealkylation sites (tertiary alicyclic amines) is 1. The van der Waals surface area contributed by atoms with Crippen molar-refractivity contribution in [3.63, 3.8) is 0 Å². The summed E-state index contributed by atoms with van der Waals surface area (Å²) < 4.78 is 13.5. The van der Waals surface area contributed by atoms with Crippen LogP contribution in [0, 0.1) is 5.82 Å². The highest BCUT2D eigenvalue weighted by Crippen LogP contribution is 2.40. The van der Waals surface area contributed by atoms with E-state index < -0.39 is 23.5 Å². The zero-order valence-electron chi connectivity index (χ0n) is 17.2. The van der Waals surface area contributed by atoms with Crippen LogP contribution < -0.4 is 0 Å². The number of hydrogen-bond donors (Lipinski definition) is 1. The van der Waals surface area contributed by atoms with Crippen molar-refractivity contribution < 1.29 is 19.1 Å². The summed E-state index contributed by atoms with van der Waals surface area (Å²) in [4.78, 5) is 29.4. The van der Waals surface area contributed by atoms with Crippen molar-refractivity contribution in [2.75, 3.05) is 26.2 Å². The van der Waals surface area contributed by atoms with Gasteiger partial charge in [-0.2, -0.15) is 0 Å². The molecule has 0 aromatic heterocycles. The number of carbonyl (C=O) groups is 2. The van der Waals surface area contributed by atoms with E-state index in [-0.39, 0.29) is 28.5 Å². The minimum atomic E-state index is -0.842. The van der Waals surface area contributed by atoms with Crippen molar-refractivity contribution in [2.24, 2.45) is 0 Å². The lowest BCUT2D eigenvalue weighted by Gasteiger charge is -2.28. The van der Waals surface area contributed by atoms with Gasteiger partial charge in [-0.1, -0.05) is 49.2 Å². The second-order valence-corrected chi connectivity index (χ2v) is 8.01. The smallest absolute Gasteiger partial charge is 0.295 e. The first kappa shape index (κ1) is 23.3. The standard InChI is InChI=1S/C23H23Cl2FN2O3/c1-3-27(4-2)11-12-28-20(14-5-8-16(26)9-6-14)19(22(30)23(28)31)21(29)15-7-10-17(24)18(25)13-15/h5-10,13,20,29H,3-4,11-12H2,1-2H3/b21-19-. The van der Waals surface area contributed by atoms with E-state index in [0.29, 0.717) is 17.1 Å². The maximum atomic E-state index is 13.5. The molecule has 1 unspecified atom stereocenters. The van der Waals surface area contributed by atoms with Gasteiger partial charge in [0.15, 0.2) is 0 Å². The summed E-state index contributed by atoms with van der Waals surface area (Å²) in [5.74, 6) is -2.29. The molecule has 0 radical (unpaired) electrons. The zero-order chi connectivity index (χ0) is 22.7. The molecule has 1 fully saturated rings. The van der Waals surface area contributed by atoms with Gasteiger partial charge in [0.25, 0.3) is 11.7 Å². The molecule has 0 aliphatic carbocycles. The van der Waals surface area contributed by atoms with Crippen LogP contribution in [0.2, 0.25) is 10.0 Å². The zero-order valence-corrected chi connectivity index (χ0v) is 18.8. The third kappa shape index (κ3) is 4.76. The predicted octanol–water partition coefficient (Wildman–Crippen LogP) is 4.90. The number of hydrogen-bond acceptors (Lipinski definition) is 4. The summed E-state index contributed by atoms with van der Waals surface area (Å²) in [5.41, 5.74) is 0.736. The van der Waals surface area contributed by atoms with Gasteiger partial charge in [0.2, 0.25) is 0 Å². The lowest BCUT2D eigenvalue weighted by Crippen LogP contribution is -2.38. The Labute approximate surface area is 190 Å². The Morgan fingerprint density at radius 2 is 1.71 bits per heavy atom. The van der Waals surface area contributed by atoms with Crippen molar-refractivity contribution >= 4 is 40.7 Å². The molecule has 3 rings (SSSR count). The molecular formula is C23H23Cl2FN2O3. The van der Waals surface area contributed by atoms with Crippen LogP contribution in [0.15, 0.2) is 48.0 Å². The minimum absolute atomic E-state index is 0.0606. The summed E-state index contributed by atoms with van der Waals surface area (Å²) in [7, 11) is 0. The van der Waals surface area contributed by atoms with Crippen molar-refractivity contribution in [3.05, 3.63) is 75.0 Å². The number of halogens is 3. The maximum absolute atomic E-state index is 13.5. The Morgan fingerprint density at radius 3 is 2.29 bits per heavy atom. The molecule has 164 valence electrons. The normalized spacial score (nSPS) is 18.3. The Morgan fingerprint density at radius 1 is 1.06 bits per heavy atom. The van der Waals surface area contributed by atoms with E-state index in [2.05, 4.69) is 4.90 Å². The fourth-order valence-electron chi connectivity index (χ4n) is 3.69. The molecule has 1 aliphatic rings. The topological polar surface area (TPSA) is 60.9 Å². The Balaban J connectivity index is 2.11. The highest BCUT2D eigenvalue weighted by atomic mass is 35.5. The molecule has 5 nitrogen and oxygen atoms in total. The van der Waals surface area contributed by atoms with Crippen LogP contribution in [-0.2, 0) is 9.59 Å². The number of likely N-dealkylation sites (N-methyl/N-ethyl adjacent to an activating group) is 1. The predicted molar refractivity (Wildman–Crippen MR) is 120 cm³/mol. The van der Waals surface area contributed by atoms with Crippen LogP contribution in [-0.4, -0.2) is 52.8 Å². The van der Waals surface area contributed by atoms with Gasteiger partial charge in [-0.15, -0.1) is 0 Å². The number of nitrogens with zero attached hydrogens (tertiary/aromatic N) is 2. The van der Waals surface area contributed by atoms with E-state index in [9.17, 15) is 19.1 Å². The molecule has 0 spiro atoms. The molecule has 1 amide bonds. The van der Waals surface area contributed by atoms with Gasteiger partial charge in [-0.05, 0) is 49.0 Å². The van der Waals surface area contributed by atoms with Crippen molar-refractivity contribution in [3.8, 4) is 0 Å². The van der Waals surface area contributed by atoms with Crippen LogP contribution in [0.5, 0.6) is 0 Å². The molecule has 1 aliphatic heterocycles. The van der Waals surface area contributed by atoms with Gasteiger partial charge in [-0.3, -0.25) is 9.59 Å². The summed E-state index contributed by atoms with van der Waals surface area (Å²) in [6.45, 7) is 6.46. The highest BCUT2D eigenvalue weighted by Gasteiger charge is 2.46. The van der Waals surface area contributed by atoms with Gasteiger partial charge in [0.1, 0.15) is 11.6 Å². The van der Waals surface area contributed by atoms with Gasteiger partial charge in [-0.25, -0.2) is 4.39 Å². The summed E-state index contributed by atoms with van der Waals surface area (Å²) in [6.07, 6.45) is 0. The van der Waals surface area contributed by atoms with E-state index >= 15 is 0 Å². The molecule has 2 aromatic carbocycles. The number of carbonyl (C=O) groups excluding carboxylic acids is 2. The first-order valence-electron chi connectivity index (χ1n) is 10.00. The number of ketones is 1. The van der Waals surface area contributed by atoms with E-state index in [1.807, 2.05) is 13.8 Å². The molecule has 31 heavy (non-hydrogen) atoms. The average molecular weight is 465 g/mol. The van der Waals surface area contributed by atoms with E-state index in [0.717, 1.165) is 13.1 Å². The molecule has 0 bridgehead atoms. The van der Waals surface area contributed by atoms with Gasteiger partial charge < -0.3 is 14.9 Å². The van der Waals surface area contributed by atoms with Crippen LogP contribution >= 0.6 is 23.2 Å². The number of amides is 1. The first-order chi connectivity index (χ1) is 14.8. The molecular weight excluding hydrogens is 442 g/mol. The monoisotopic (exact) mass is 464 g/mol. The summed E-state index contributed by atoms with van der Waals surface area (Å²) >= 11 is 12.0. The molecule has 1 atom stereocenters. The minimum Gasteiger partial charge on any atom is -0.507 e. The SMILES string of the molecule is CCN(CC)CCN1C(=O)C(=O)/C(=C(\O)c2ccc(Cl)c(Cl)c2)C1c1ccc(F)cc1.